The van der Waals surface area contributed by atoms with Gasteiger partial charge >= 0.3 is 0 Å². The molecule has 19 heavy (non-hydrogen) atoms. The lowest BCUT2D eigenvalue weighted by atomic mass is 9.83. The zero-order valence-corrected chi connectivity index (χ0v) is 13.5. The summed E-state index contributed by atoms with van der Waals surface area (Å²) < 4.78 is 0.550. The van der Waals surface area contributed by atoms with Gasteiger partial charge in [-0.2, -0.15) is 11.8 Å². The monoisotopic (exact) mass is 295 g/mol. The predicted molar refractivity (Wildman–Crippen MR) is 87.1 cm³/mol. The van der Waals surface area contributed by atoms with Gasteiger partial charge in [0.05, 0.1) is 0 Å². The molecule has 1 heterocycles. The van der Waals surface area contributed by atoms with E-state index < -0.39 is 0 Å². The Morgan fingerprint density at radius 1 is 1.37 bits per heavy atom. The topological polar surface area (TPSA) is 12.0 Å². The van der Waals surface area contributed by atoms with Crippen LogP contribution in [0.5, 0.6) is 0 Å². The molecule has 0 amide bonds. The number of hydrogen-bond acceptors (Lipinski definition) is 3. The van der Waals surface area contributed by atoms with E-state index in [4.69, 9.17) is 0 Å². The SMILES string of the molecule is CSC1(CNC(c2cccs2)C2CCCC2)CCC1. The Kier molecular flexibility index (Phi) is 4.55. The summed E-state index contributed by atoms with van der Waals surface area (Å²) in [4.78, 5) is 1.56. The second-order valence-corrected chi connectivity index (χ2v) is 8.41. The summed E-state index contributed by atoms with van der Waals surface area (Å²) in [6, 6.07) is 5.15. The van der Waals surface area contributed by atoms with Crippen LogP contribution in [0.2, 0.25) is 0 Å². The Balaban J connectivity index is 1.65. The largest absolute Gasteiger partial charge is 0.308 e. The third-order valence-electron chi connectivity index (χ3n) is 5.06. The average Bonchev–Trinajstić information content (AvgIpc) is 3.05. The molecule has 0 spiro atoms. The maximum absolute atomic E-state index is 3.95. The molecule has 1 N–H and O–H groups in total. The van der Waals surface area contributed by atoms with Crippen molar-refractivity contribution in [1.82, 2.24) is 5.32 Å². The molecule has 3 heteroatoms. The second kappa shape index (κ2) is 6.19. The van der Waals surface area contributed by atoms with E-state index >= 15 is 0 Å². The minimum atomic E-state index is 0.550. The first-order valence-corrected chi connectivity index (χ1v) is 9.75. The number of thiophene rings is 1. The molecule has 1 nitrogen and oxygen atoms in total. The summed E-state index contributed by atoms with van der Waals surface area (Å²) >= 11 is 4.01. The first-order chi connectivity index (χ1) is 9.33. The van der Waals surface area contributed by atoms with Crippen LogP contribution < -0.4 is 5.32 Å². The summed E-state index contributed by atoms with van der Waals surface area (Å²) in [6.45, 7) is 1.20. The molecule has 0 saturated heterocycles. The molecule has 106 valence electrons. The zero-order valence-electron chi connectivity index (χ0n) is 11.9. The number of thioether (sulfide) groups is 1. The molecular formula is C16H25NS2. The van der Waals surface area contributed by atoms with Crippen molar-refractivity contribution in [3.63, 3.8) is 0 Å². The smallest absolute Gasteiger partial charge is 0.0443 e. The fraction of sp³-hybridized carbons (Fsp3) is 0.750. The summed E-state index contributed by atoms with van der Waals surface area (Å²) in [5.74, 6) is 0.873. The van der Waals surface area contributed by atoms with E-state index in [0.717, 1.165) is 5.92 Å². The van der Waals surface area contributed by atoms with Crippen molar-refractivity contribution in [1.29, 1.82) is 0 Å². The van der Waals surface area contributed by atoms with Gasteiger partial charge < -0.3 is 5.32 Å². The Morgan fingerprint density at radius 2 is 2.16 bits per heavy atom. The van der Waals surface area contributed by atoms with E-state index in [1.807, 2.05) is 11.3 Å². The van der Waals surface area contributed by atoms with Crippen molar-refractivity contribution in [3.8, 4) is 0 Å². The normalized spacial score (nSPS) is 24.3. The molecule has 0 bridgehead atoms. The molecule has 2 aliphatic rings. The predicted octanol–water partition coefficient (Wildman–Crippen LogP) is 4.85. The summed E-state index contributed by atoms with van der Waals surface area (Å²) in [5, 5.41) is 6.18. The van der Waals surface area contributed by atoms with Gasteiger partial charge in [-0.05, 0) is 49.3 Å². The molecule has 1 unspecified atom stereocenters. The van der Waals surface area contributed by atoms with Gasteiger partial charge in [0.1, 0.15) is 0 Å². The molecule has 0 aliphatic heterocycles. The van der Waals surface area contributed by atoms with E-state index in [1.165, 1.54) is 51.5 Å². The minimum absolute atomic E-state index is 0.550. The first kappa shape index (κ1) is 14.0. The van der Waals surface area contributed by atoms with Gasteiger partial charge in [0, 0.05) is 22.2 Å². The quantitative estimate of drug-likeness (QED) is 0.804. The highest BCUT2D eigenvalue weighted by Crippen LogP contribution is 2.44. The third-order valence-corrected chi connectivity index (χ3v) is 7.44. The van der Waals surface area contributed by atoms with Crippen LogP contribution in [0.1, 0.15) is 55.9 Å². The molecule has 2 saturated carbocycles. The lowest BCUT2D eigenvalue weighted by Gasteiger charge is -2.42. The van der Waals surface area contributed by atoms with Crippen molar-refractivity contribution in [2.24, 2.45) is 5.92 Å². The van der Waals surface area contributed by atoms with Gasteiger partial charge in [0.25, 0.3) is 0 Å². The second-order valence-electron chi connectivity index (χ2n) is 6.16. The Hall–Kier alpha value is 0.01000. The van der Waals surface area contributed by atoms with Gasteiger partial charge in [-0.25, -0.2) is 0 Å². The number of hydrogen-bond donors (Lipinski definition) is 1. The highest BCUT2D eigenvalue weighted by Gasteiger charge is 2.37. The number of nitrogens with one attached hydrogen (secondary N) is 1. The van der Waals surface area contributed by atoms with Crippen LogP contribution in [0.25, 0.3) is 0 Å². The molecule has 2 fully saturated rings. The fourth-order valence-electron chi connectivity index (χ4n) is 3.58. The lowest BCUT2D eigenvalue weighted by molar-refractivity contribution is 0.298. The standard InChI is InChI=1S/C16H25NS2/c1-18-16(9-5-10-16)12-17-15(13-6-2-3-7-13)14-8-4-11-19-14/h4,8,11,13,15,17H,2-3,5-7,9-10,12H2,1H3. The van der Waals surface area contributed by atoms with E-state index in [0.29, 0.717) is 10.8 Å². The van der Waals surface area contributed by atoms with Gasteiger partial charge in [0.2, 0.25) is 0 Å². The Labute approximate surface area is 125 Å². The molecule has 1 atom stereocenters. The lowest BCUT2D eigenvalue weighted by Crippen LogP contribution is -2.45. The average molecular weight is 296 g/mol. The highest BCUT2D eigenvalue weighted by atomic mass is 32.2. The van der Waals surface area contributed by atoms with Gasteiger partial charge in [0.15, 0.2) is 0 Å². The van der Waals surface area contributed by atoms with E-state index in [1.54, 1.807) is 4.88 Å². The van der Waals surface area contributed by atoms with Crippen molar-refractivity contribution in [2.45, 2.75) is 55.7 Å². The van der Waals surface area contributed by atoms with Crippen LogP contribution in [0.4, 0.5) is 0 Å². The molecule has 1 aromatic heterocycles. The molecular weight excluding hydrogens is 270 g/mol. The Morgan fingerprint density at radius 3 is 2.68 bits per heavy atom. The first-order valence-electron chi connectivity index (χ1n) is 7.65. The fourth-order valence-corrected chi connectivity index (χ4v) is 5.40. The van der Waals surface area contributed by atoms with Crippen molar-refractivity contribution in [2.75, 3.05) is 12.8 Å². The molecule has 0 radical (unpaired) electrons. The van der Waals surface area contributed by atoms with Crippen molar-refractivity contribution >= 4 is 23.1 Å². The van der Waals surface area contributed by atoms with E-state index in [-0.39, 0.29) is 0 Å². The zero-order chi connectivity index (χ0) is 13.1. The van der Waals surface area contributed by atoms with Crippen LogP contribution in [0, 0.1) is 5.92 Å². The van der Waals surface area contributed by atoms with E-state index in [9.17, 15) is 0 Å². The maximum Gasteiger partial charge on any atom is 0.0443 e. The summed E-state index contributed by atoms with van der Waals surface area (Å²) in [7, 11) is 0. The van der Waals surface area contributed by atoms with Crippen molar-refractivity contribution < 1.29 is 0 Å². The van der Waals surface area contributed by atoms with Gasteiger partial charge in [-0.3, -0.25) is 0 Å². The van der Waals surface area contributed by atoms with Crippen molar-refractivity contribution in [3.05, 3.63) is 22.4 Å². The minimum Gasteiger partial charge on any atom is -0.308 e. The van der Waals surface area contributed by atoms with Crippen LogP contribution in [0.3, 0.4) is 0 Å². The van der Waals surface area contributed by atoms with Gasteiger partial charge in [-0.15, -0.1) is 11.3 Å². The molecule has 3 rings (SSSR count). The highest BCUT2D eigenvalue weighted by molar-refractivity contribution is 8.00. The third kappa shape index (κ3) is 3.03. The van der Waals surface area contributed by atoms with E-state index in [2.05, 4.69) is 40.8 Å². The molecule has 2 aliphatic carbocycles. The maximum atomic E-state index is 3.95. The molecule has 0 aromatic carbocycles. The van der Waals surface area contributed by atoms with Crippen LogP contribution in [-0.4, -0.2) is 17.5 Å². The Bertz CT molecular complexity index is 372. The van der Waals surface area contributed by atoms with Crippen LogP contribution >= 0.6 is 23.1 Å². The van der Waals surface area contributed by atoms with Crippen LogP contribution in [-0.2, 0) is 0 Å². The summed E-state index contributed by atoms with van der Waals surface area (Å²) in [5.41, 5.74) is 0. The van der Waals surface area contributed by atoms with Crippen LogP contribution in [0.15, 0.2) is 17.5 Å². The molecule has 1 aromatic rings. The van der Waals surface area contributed by atoms with Gasteiger partial charge in [-0.1, -0.05) is 25.3 Å². The number of rotatable bonds is 6. The summed E-state index contributed by atoms with van der Waals surface area (Å²) in [6.07, 6.45) is 12.2.